The van der Waals surface area contributed by atoms with E-state index in [1.807, 2.05) is 13.0 Å². The molecule has 0 N–H and O–H groups in total. The Hall–Kier alpha value is -1.05. The molecule has 0 heterocycles. The second kappa shape index (κ2) is 7.06. The molecule has 0 unspecified atom stereocenters. The molecule has 0 atom stereocenters. The predicted molar refractivity (Wildman–Crippen MR) is 45.2 cm³/mol. The van der Waals surface area contributed by atoms with Crippen molar-refractivity contribution < 1.29 is 9.53 Å². The summed E-state index contributed by atoms with van der Waals surface area (Å²) >= 11 is 0. The maximum atomic E-state index is 9.91. The Labute approximate surface area is 67.6 Å². The first kappa shape index (κ1) is 9.95. The average molecular weight is 154 g/mol. The standard InChI is InChI=1S/C9H14O2/c1-3-6-9(4-2)11-8-5-7-10/h4,6-7H,2-3,5,8H2,1H3/b9-6+. The van der Waals surface area contributed by atoms with E-state index in [2.05, 4.69) is 6.58 Å². The number of carbonyl (C=O) groups is 1. The first-order chi connectivity index (χ1) is 5.35. The van der Waals surface area contributed by atoms with Crippen LogP contribution >= 0.6 is 0 Å². The molecular weight excluding hydrogens is 140 g/mol. The van der Waals surface area contributed by atoms with Crippen molar-refractivity contribution in [2.75, 3.05) is 6.61 Å². The van der Waals surface area contributed by atoms with Gasteiger partial charge in [-0.1, -0.05) is 13.5 Å². The van der Waals surface area contributed by atoms with E-state index in [1.165, 1.54) is 0 Å². The lowest BCUT2D eigenvalue weighted by atomic mass is 10.3. The topological polar surface area (TPSA) is 26.3 Å². The number of carbonyl (C=O) groups excluding carboxylic acids is 1. The SMILES string of the molecule is C=C/C(=C\CC)OCCC=O. The Balaban J connectivity index is 3.60. The lowest BCUT2D eigenvalue weighted by molar-refractivity contribution is -0.108. The van der Waals surface area contributed by atoms with E-state index in [4.69, 9.17) is 4.74 Å². The molecule has 0 aliphatic carbocycles. The highest BCUT2D eigenvalue weighted by Crippen LogP contribution is 2.00. The number of rotatable bonds is 6. The third-order valence-corrected chi connectivity index (χ3v) is 1.11. The van der Waals surface area contributed by atoms with Crippen LogP contribution in [-0.2, 0) is 9.53 Å². The number of hydrogen-bond acceptors (Lipinski definition) is 2. The zero-order chi connectivity index (χ0) is 8.53. The van der Waals surface area contributed by atoms with E-state index in [-0.39, 0.29) is 0 Å². The van der Waals surface area contributed by atoms with Gasteiger partial charge in [0.05, 0.1) is 6.61 Å². The largest absolute Gasteiger partial charge is 0.494 e. The minimum atomic E-state index is 0.439. The molecule has 0 spiro atoms. The van der Waals surface area contributed by atoms with Crippen molar-refractivity contribution in [3.63, 3.8) is 0 Å². The van der Waals surface area contributed by atoms with Crippen LogP contribution in [0.4, 0.5) is 0 Å². The van der Waals surface area contributed by atoms with E-state index in [1.54, 1.807) is 6.08 Å². The molecule has 0 aliphatic heterocycles. The van der Waals surface area contributed by atoms with Gasteiger partial charge >= 0.3 is 0 Å². The summed E-state index contributed by atoms with van der Waals surface area (Å²) in [5.74, 6) is 0.759. The molecule has 0 aliphatic rings. The van der Waals surface area contributed by atoms with Crippen molar-refractivity contribution in [1.29, 1.82) is 0 Å². The molecule has 0 aromatic rings. The maximum Gasteiger partial charge on any atom is 0.123 e. The van der Waals surface area contributed by atoms with Gasteiger partial charge in [0.2, 0.25) is 0 Å². The zero-order valence-electron chi connectivity index (χ0n) is 6.88. The fourth-order valence-corrected chi connectivity index (χ4v) is 0.627. The Kier molecular flexibility index (Phi) is 6.39. The minimum Gasteiger partial charge on any atom is -0.494 e. The molecule has 0 aromatic carbocycles. The summed E-state index contributed by atoms with van der Waals surface area (Å²) in [6.45, 7) is 6.04. The van der Waals surface area contributed by atoms with Gasteiger partial charge < -0.3 is 9.53 Å². The summed E-state index contributed by atoms with van der Waals surface area (Å²) in [5, 5.41) is 0. The normalized spacial score (nSPS) is 10.8. The van der Waals surface area contributed by atoms with Gasteiger partial charge in [-0.3, -0.25) is 0 Å². The second-order valence-electron chi connectivity index (χ2n) is 2.02. The van der Waals surface area contributed by atoms with E-state index in [9.17, 15) is 4.79 Å². The van der Waals surface area contributed by atoms with Gasteiger partial charge in [0.1, 0.15) is 12.0 Å². The number of hydrogen-bond donors (Lipinski definition) is 0. The lowest BCUT2D eigenvalue weighted by Gasteiger charge is -2.02. The van der Waals surface area contributed by atoms with Gasteiger partial charge in [0, 0.05) is 6.42 Å². The molecule has 0 rings (SSSR count). The fraction of sp³-hybridized carbons (Fsp3) is 0.444. The van der Waals surface area contributed by atoms with Gasteiger partial charge in [0.25, 0.3) is 0 Å². The zero-order valence-corrected chi connectivity index (χ0v) is 6.88. The quantitative estimate of drug-likeness (QED) is 0.253. The van der Waals surface area contributed by atoms with Gasteiger partial charge in [-0.2, -0.15) is 0 Å². The van der Waals surface area contributed by atoms with Crippen molar-refractivity contribution in [2.45, 2.75) is 19.8 Å². The molecule has 0 amide bonds. The molecule has 0 saturated carbocycles. The maximum absolute atomic E-state index is 9.91. The van der Waals surface area contributed by atoms with Crippen LogP contribution in [0.2, 0.25) is 0 Å². The minimum absolute atomic E-state index is 0.439. The summed E-state index contributed by atoms with van der Waals surface area (Å²) in [4.78, 5) is 9.91. The Morgan fingerprint density at radius 3 is 2.82 bits per heavy atom. The molecule has 0 aromatic heterocycles. The van der Waals surface area contributed by atoms with Gasteiger partial charge in [0.15, 0.2) is 0 Å². The fourth-order valence-electron chi connectivity index (χ4n) is 0.627. The third-order valence-electron chi connectivity index (χ3n) is 1.11. The Morgan fingerprint density at radius 1 is 1.64 bits per heavy atom. The monoisotopic (exact) mass is 154 g/mol. The van der Waals surface area contributed by atoms with Crippen LogP contribution < -0.4 is 0 Å². The third kappa shape index (κ3) is 5.40. The van der Waals surface area contributed by atoms with Crippen LogP contribution in [0.5, 0.6) is 0 Å². The first-order valence-electron chi connectivity index (χ1n) is 3.74. The highest BCUT2D eigenvalue weighted by atomic mass is 16.5. The van der Waals surface area contributed by atoms with E-state index < -0.39 is 0 Å². The molecule has 62 valence electrons. The molecule has 2 nitrogen and oxygen atoms in total. The van der Waals surface area contributed by atoms with Crippen LogP contribution in [0.15, 0.2) is 24.5 Å². The highest BCUT2D eigenvalue weighted by molar-refractivity contribution is 5.49. The van der Waals surface area contributed by atoms with Crippen molar-refractivity contribution in [2.24, 2.45) is 0 Å². The van der Waals surface area contributed by atoms with Crippen molar-refractivity contribution >= 4 is 6.29 Å². The predicted octanol–water partition coefficient (Wildman–Crippen LogP) is 2.07. The molecule has 11 heavy (non-hydrogen) atoms. The molecule has 0 fully saturated rings. The van der Waals surface area contributed by atoms with Gasteiger partial charge in [-0.05, 0) is 18.6 Å². The summed E-state index contributed by atoms with van der Waals surface area (Å²) in [6, 6.07) is 0. The molecular formula is C9H14O2. The average Bonchev–Trinajstić information content (AvgIpc) is 2.03. The van der Waals surface area contributed by atoms with E-state index in [0.29, 0.717) is 13.0 Å². The smallest absolute Gasteiger partial charge is 0.123 e. The summed E-state index contributed by atoms with van der Waals surface area (Å²) in [7, 11) is 0. The molecule has 0 saturated heterocycles. The van der Waals surface area contributed by atoms with E-state index in [0.717, 1.165) is 18.5 Å². The number of aldehydes is 1. The van der Waals surface area contributed by atoms with Crippen LogP contribution in [0, 0.1) is 0 Å². The molecule has 2 heteroatoms. The van der Waals surface area contributed by atoms with Gasteiger partial charge in [-0.25, -0.2) is 0 Å². The highest BCUT2D eigenvalue weighted by Gasteiger charge is 1.89. The number of allylic oxidation sites excluding steroid dienone is 2. The van der Waals surface area contributed by atoms with Crippen LogP contribution in [-0.4, -0.2) is 12.9 Å². The Morgan fingerprint density at radius 2 is 2.36 bits per heavy atom. The van der Waals surface area contributed by atoms with Crippen LogP contribution in [0.3, 0.4) is 0 Å². The van der Waals surface area contributed by atoms with Crippen LogP contribution in [0.1, 0.15) is 19.8 Å². The van der Waals surface area contributed by atoms with E-state index >= 15 is 0 Å². The summed E-state index contributed by atoms with van der Waals surface area (Å²) < 4.78 is 5.18. The lowest BCUT2D eigenvalue weighted by Crippen LogP contribution is -1.93. The second-order valence-corrected chi connectivity index (χ2v) is 2.02. The van der Waals surface area contributed by atoms with Gasteiger partial charge in [-0.15, -0.1) is 0 Å². The van der Waals surface area contributed by atoms with Crippen molar-refractivity contribution in [3.8, 4) is 0 Å². The number of ether oxygens (including phenoxy) is 1. The van der Waals surface area contributed by atoms with Crippen molar-refractivity contribution in [1.82, 2.24) is 0 Å². The molecule has 0 radical (unpaired) electrons. The van der Waals surface area contributed by atoms with Crippen LogP contribution in [0.25, 0.3) is 0 Å². The first-order valence-corrected chi connectivity index (χ1v) is 3.74. The Bertz CT molecular complexity index is 148. The summed E-state index contributed by atoms with van der Waals surface area (Å²) in [5.41, 5.74) is 0. The van der Waals surface area contributed by atoms with Crippen molar-refractivity contribution in [3.05, 3.63) is 24.5 Å². The summed E-state index contributed by atoms with van der Waals surface area (Å²) in [6.07, 6.45) is 5.77. The molecule has 0 bridgehead atoms.